The molecule has 0 amide bonds. The molecule has 26 heavy (non-hydrogen) atoms. The van der Waals surface area contributed by atoms with Gasteiger partial charge in [0.05, 0.1) is 6.61 Å². The van der Waals surface area contributed by atoms with Crippen LogP contribution in [0.1, 0.15) is 18.4 Å². The van der Waals surface area contributed by atoms with E-state index < -0.39 is 0 Å². The fourth-order valence-electron chi connectivity index (χ4n) is 3.32. The van der Waals surface area contributed by atoms with E-state index in [0.29, 0.717) is 6.61 Å². The van der Waals surface area contributed by atoms with Gasteiger partial charge in [-0.1, -0.05) is 30.3 Å². The fraction of sp³-hybridized carbons (Fsp3) is 0.455. The minimum absolute atomic E-state index is 0.0133. The largest absolute Gasteiger partial charge is 0.384 e. The number of hydrogen-bond acceptors (Lipinski definition) is 4. The van der Waals surface area contributed by atoms with Crippen LogP contribution in [-0.4, -0.2) is 63.1 Å². The molecule has 1 saturated carbocycles. The van der Waals surface area contributed by atoms with E-state index >= 15 is 0 Å². The minimum Gasteiger partial charge on any atom is -0.384 e. The van der Waals surface area contributed by atoms with E-state index in [1.165, 1.54) is 22.3 Å². The Kier molecular flexibility index (Phi) is 7.34. The van der Waals surface area contributed by atoms with Crippen LogP contribution >= 0.6 is 0 Å². The summed E-state index contributed by atoms with van der Waals surface area (Å²) in [7, 11) is 12.4. The highest BCUT2D eigenvalue weighted by molar-refractivity contribution is 5.37. The van der Waals surface area contributed by atoms with Crippen LogP contribution in [0.5, 0.6) is 0 Å². The van der Waals surface area contributed by atoms with E-state index in [1.807, 2.05) is 6.07 Å². The lowest BCUT2D eigenvalue weighted by Crippen LogP contribution is -2.27. The summed E-state index contributed by atoms with van der Waals surface area (Å²) < 4.78 is 6.42. The Balaban J connectivity index is 2.31. The van der Waals surface area contributed by atoms with Crippen molar-refractivity contribution in [1.29, 1.82) is 0 Å². The van der Waals surface area contributed by atoms with E-state index in [-0.39, 0.29) is 6.10 Å². The third-order valence-electron chi connectivity index (χ3n) is 4.08. The Labute approximate surface area is 159 Å². The number of rotatable bonds is 6. The standard InChI is InChI=1S/C22H33N3O/c1-23(2)14-19-12-20(15-24(3)4)22(21(13-19)16-25(5)6)26-17-18-10-8-7-9-11-18/h7-11,14-16,22H,12-13,17H2,1-6H3/b19-14-,20-15+,21-16-. The molecule has 4 nitrogen and oxygen atoms in total. The molecule has 1 aromatic rings. The second-order valence-electron chi connectivity index (χ2n) is 7.62. The van der Waals surface area contributed by atoms with Gasteiger partial charge < -0.3 is 19.4 Å². The third kappa shape index (κ3) is 6.26. The van der Waals surface area contributed by atoms with Crippen LogP contribution in [0.4, 0.5) is 0 Å². The van der Waals surface area contributed by atoms with Crippen molar-refractivity contribution < 1.29 is 4.74 Å². The molecule has 0 saturated heterocycles. The minimum atomic E-state index is 0.0133. The first-order valence-corrected chi connectivity index (χ1v) is 9.10. The number of hydrogen-bond donors (Lipinski definition) is 0. The van der Waals surface area contributed by atoms with Crippen molar-refractivity contribution in [3.05, 3.63) is 71.2 Å². The van der Waals surface area contributed by atoms with Crippen LogP contribution in [0.2, 0.25) is 0 Å². The fourth-order valence-corrected chi connectivity index (χ4v) is 3.32. The lowest BCUT2D eigenvalue weighted by Gasteiger charge is -2.32. The van der Waals surface area contributed by atoms with Crippen molar-refractivity contribution in [2.45, 2.75) is 25.6 Å². The Hall–Kier alpha value is -2.20. The summed E-state index contributed by atoms with van der Waals surface area (Å²) in [6.07, 6.45) is 8.56. The summed E-state index contributed by atoms with van der Waals surface area (Å²) in [6, 6.07) is 10.4. The zero-order chi connectivity index (χ0) is 19.1. The first kappa shape index (κ1) is 20.1. The highest BCUT2D eigenvalue weighted by Crippen LogP contribution is 2.35. The van der Waals surface area contributed by atoms with Crippen molar-refractivity contribution in [2.75, 3.05) is 42.3 Å². The molecule has 0 spiro atoms. The van der Waals surface area contributed by atoms with Crippen molar-refractivity contribution in [3.63, 3.8) is 0 Å². The lowest BCUT2D eigenvalue weighted by atomic mass is 9.84. The number of benzene rings is 1. The lowest BCUT2D eigenvalue weighted by molar-refractivity contribution is 0.0791. The zero-order valence-corrected chi connectivity index (χ0v) is 17.1. The van der Waals surface area contributed by atoms with Crippen LogP contribution < -0.4 is 0 Å². The molecule has 1 aromatic carbocycles. The predicted octanol–water partition coefficient (Wildman–Crippen LogP) is 3.70. The zero-order valence-electron chi connectivity index (χ0n) is 17.1. The second kappa shape index (κ2) is 9.48. The molecule has 1 fully saturated rings. The smallest absolute Gasteiger partial charge is 0.104 e. The Bertz CT molecular complexity index is 627. The van der Waals surface area contributed by atoms with E-state index in [0.717, 1.165) is 12.8 Å². The first-order chi connectivity index (χ1) is 12.3. The molecule has 1 aliphatic rings. The molecular formula is C22H33N3O. The van der Waals surface area contributed by atoms with Gasteiger partial charge in [-0.2, -0.15) is 0 Å². The Morgan fingerprint density at radius 1 is 0.808 bits per heavy atom. The van der Waals surface area contributed by atoms with Crippen molar-refractivity contribution in [3.8, 4) is 0 Å². The maximum Gasteiger partial charge on any atom is 0.104 e. The number of nitrogens with zero attached hydrogens (tertiary/aromatic N) is 3. The molecule has 1 atom stereocenters. The molecule has 0 aliphatic heterocycles. The summed E-state index contributed by atoms with van der Waals surface area (Å²) in [5, 5.41) is 0. The van der Waals surface area contributed by atoms with Gasteiger partial charge in [-0.15, -0.1) is 0 Å². The van der Waals surface area contributed by atoms with Crippen molar-refractivity contribution >= 4 is 0 Å². The molecule has 2 rings (SSSR count). The molecule has 0 bridgehead atoms. The molecule has 0 heterocycles. The van der Waals surface area contributed by atoms with Crippen LogP contribution in [-0.2, 0) is 11.3 Å². The summed E-state index contributed by atoms with van der Waals surface area (Å²) in [6.45, 7) is 0.619. The van der Waals surface area contributed by atoms with Gasteiger partial charge in [-0.3, -0.25) is 0 Å². The molecule has 1 aliphatic carbocycles. The van der Waals surface area contributed by atoms with E-state index in [1.54, 1.807) is 0 Å². The number of ether oxygens (including phenoxy) is 1. The maximum absolute atomic E-state index is 6.42. The average molecular weight is 356 g/mol. The summed E-state index contributed by atoms with van der Waals surface area (Å²) >= 11 is 0. The van der Waals surface area contributed by atoms with Gasteiger partial charge in [0, 0.05) is 54.7 Å². The van der Waals surface area contributed by atoms with Gasteiger partial charge in [0.1, 0.15) is 6.10 Å². The molecule has 0 N–H and O–H groups in total. The Morgan fingerprint density at radius 3 is 1.77 bits per heavy atom. The van der Waals surface area contributed by atoms with Crippen LogP contribution in [0.3, 0.4) is 0 Å². The monoisotopic (exact) mass is 355 g/mol. The molecule has 1 unspecified atom stereocenters. The SMILES string of the molecule is CN(C)/C=C1\C/C(=C/N(C)C)C(OCc2ccccc2)/C(=C/N(C)C)C1. The van der Waals surface area contributed by atoms with Crippen molar-refractivity contribution in [1.82, 2.24) is 14.7 Å². The molecule has 4 heteroatoms. The molecule has 0 aromatic heterocycles. The average Bonchev–Trinajstić information content (AvgIpc) is 2.53. The van der Waals surface area contributed by atoms with Crippen LogP contribution in [0.15, 0.2) is 65.7 Å². The van der Waals surface area contributed by atoms with E-state index in [4.69, 9.17) is 4.74 Å². The van der Waals surface area contributed by atoms with Gasteiger partial charge in [0.2, 0.25) is 0 Å². The summed E-state index contributed by atoms with van der Waals surface area (Å²) in [4.78, 5) is 6.35. The molecular weight excluding hydrogens is 322 g/mol. The van der Waals surface area contributed by atoms with Gasteiger partial charge >= 0.3 is 0 Å². The van der Waals surface area contributed by atoms with Crippen LogP contribution in [0.25, 0.3) is 0 Å². The summed E-state index contributed by atoms with van der Waals surface area (Å²) in [5.74, 6) is 0. The topological polar surface area (TPSA) is 19.0 Å². The van der Waals surface area contributed by atoms with Gasteiger partial charge in [-0.25, -0.2) is 0 Å². The van der Waals surface area contributed by atoms with Gasteiger partial charge in [-0.05, 0) is 41.3 Å². The van der Waals surface area contributed by atoms with E-state index in [9.17, 15) is 0 Å². The van der Waals surface area contributed by atoms with Crippen LogP contribution in [0, 0.1) is 0 Å². The third-order valence-corrected chi connectivity index (χ3v) is 4.08. The number of allylic oxidation sites excluding steroid dienone is 1. The van der Waals surface area contributed by atoms with Gasteiger partial charge in [0.25, 0.3) is 0 Å². The molecule has 0 radical (unpaired) electrons. The first-order valence-electron chi connectivity index (χ1n) is 9.10. The maximum atomic E-state index is 6.42. The predicted molar refractivity (Wildman–Crippen MR) is 110 cm³/mol. The van der Waals surface area contributed by atoms with E-state index in [2.05, 4.69) is 99.9 Å². The quantitative estimate of drug-likeness (QED) is 0.774. The second-order valence-corrected chi connectivity index (χ2v) is 7.62. The highest BCUT2D eigenvalue weighted by atomic mass is 16.5. The van der Waals surface area contributed by atoms with Gasteiger partial charge in [0.15, 0.2) is 0 Å². The molecule has 142 valence electrons. The normalized spacial score (nSPS) is 22.1. The van der Waals surface area contributed by atoms with Crippen molar-refractivity contribution in [2.24, 2.45) is 0 Å². The summed E-state index contributed by atoms with van der Waals surface area (Å²) in [5.41, 5.74) is 5.23. The highest BCUT2D eigenvalue weighted by Gasteiger charge is 2.28. The Morgan fingerprint density at radius 2 is 1.31 bits per heavy atom.